The van der Waals surface area contributed by atoms with E-state index in [9.17, 15) is 14.0 Å². The molecule has 26 heavy (non-hydrogen) atoms. The van der Waals surface area contributed by atoms with Crippen molar-refractivity contribution in [2.75, 3.05) is 16.8 Å². The Hall–Kier alpha value is -2.59. The average molecular weight is 393 g/mol. The number of aromatic nitrogens is 1. The standard InChI is InChI=1S/C16H16FN5O2S2/c17-11-4-1-2-5-12(11)19-15(25)21-20-13(23)8-10-9-26-16(18-10)22-7-3-6-14(22)24/h1-2,4-5,9H,3,6-8H2,(H,20,23)(H2,19,21,25). The predicted molar refractivity (Wildman–Crippen MR) is 101 cm³/mol. The Morgan fingerprint density at radius 2 is 2.15 bits per heavy atom. The van der Waals surface area contributed by atoms with Gasteiger partial charge in [-0.15, -0.1) is 11.3 Å². The van der Waals surface area contributed by atoms with Gasteiger partial charge in [0.05, 0.1) is 17.8 Å². The lowest BCUT2D eigenvalue weighted by Crippen LogP contribution is -2.44. The third-order valence-electron chi connectivity index (χ3n) is 3.62. The summed E-state index contributed by atoms with van der Waals surface area (Å²) in [6.07, 6.45) is 1.39. The summed E-state index contributed by atoms with van der Waals surface area (Å²) in [5, 5.41) is 5.07. The van der Waals surface area contributed by atoms with Gasteiger partial charge in [-0.2, -0.15) is 0 Å². The second-order valence-electron chi connectivity index (χ2n) is 5.55. The van der Waals surface area contributed by atoms with Crippen molar-refractivity contribution in [3.8, 4) is 0 Å². The first kappa shape index (κ1) is 18.2. The molecule has 1 aliphatic heterocycles. The second kappa shape index (κ2) is 8.19. The molecule has 3 rings (SSSR count). The maximum Gasteiger partial charge on any atom is 0.244 e. The van der Waals surface area contributed by atoms with Crippen molar-refractivity contribution in [1.82, 2.24) is 15.8 Å². The Balaban J connectivity index is 1.47. The monoisotopic (exact) mass is 393 g/mol. The maximum atomic E-state index is 13.5. The number of hydrogen-bond donors (Lipinski definition) is 3. The smallest absolute Gasteiger partial charge is 0.244 e. The second-order valence-corrected chi connectivity index (χ2v) is 6.80. The number of amides is 2. The zero-order valence-corrected chi connectivity index (χ0v) is 15.3. The zero-order chi connectivity index (χ0) is 18.5. The van der Waals surface area contributed by atoms with E-state index >= 15 is 0 Å². The zero-order valence-electron chi connectivity index (χ0n) is 13.6. The molecule has 1 saturated heterocycles. The number of nitrogens with zero attached hydrogens (tertiary/aromatic N) is 2. The highest BCUT2D eigenvalue weighted by atomic mass is 32.1. The van der Waals surface area contributed by atoms with Crippen molar-refractivity contribution in [3.63, 3.8) is 0 Å². The molecule has 3 N–H and O–H groups in total. The molecular formula is C16H16FN5O2S2. The van der Waals surface area contributed by atoms with E-state index in [0.717, 1.165) is 6.42 Å². The number of rotatable bonds is 4. The molecule has 7 nitrogen and oxygen atoms in total. The first-order chi connectivity index (χ1) is 12.5. The third-order valence-corrected chi connectivity index (χ3v) is 4.74. The van der Waals surface area contributed by atoms with Gasteiger partial charge in [-0.05, 0) is 30.8 Å². The number of carbonyl (C=O) groups excluding carboxylic acids is 2. The summed E-state index contributed by atoms with van der Waals surface area (Å²) in [7, 11) is 0. The molecule has 0 radical (unpaired) electrons. The molecule has 2 amide bonds. The van der Waals surface area contributed by atoms with E-state index < -0.39 is 5.82 Å². The van der Waals surface area contributed by atoms with Crippen molar-refractivity contribution in [2.45, 2.75) is 19.3 Å². The van der Waals surface area contributed by atoms with Gasteiger partial charge in [0, 0.05) is 18.3 Å². The average Bonchev–Trinajstić information content (AvgIpc) is 3.24. The number of nitrogens with one attached hydrogen (secondary N) is 3. The van der Waals surface area contributed by atoms with Gasteiger partial charge in [0.2, 0.25) is 11.8 Å². The largest absolute Gasteiger partial charge is 0.329 e. The van der Waals surface area contributed by atoms with E-state index in [-0.39, 0.29) is 29.0 Å². The fraction of sp³-hybridized carbons (Fsp3) is 0.250. The lowest BCUT2D eigenvalue weighted by molar-refractivity contribution is -0.121. The summed E-state index contributed by atoms with van der Waals surface area (Å²) < 4.78 is 13.5. The number of thiocarbonyl (C=S) groups is 1. The van der Waals surface area contributed by atoms with Crippen molar-refractivity contribution < 1.29 is 14.0 Å². The van der Waals surface area contributed by atoms with E-state index in [4.69, 9.17) is 12.2 Å². The van der Waals surface area contributed by atoms with Crippen LogP contribution in [0, 0.1) is 5.82 Å². The fourth-order valence-electron chi connectivity index (χ4n) is 2.40. The van der Waals surface area contributed by atoms with E-state index in [1.807, 2.05) is 0 Å². The van der Waals surface area contributed by atoms with Crippen molar-refractivity contribution in [2.24, 2.45) is 0 Å². The van der Waals surface area contributed by atoms with Crippen LogP contribution in [0.3, 0.4) is 0 Å². The van der Waals surface area contributed by atoms with Crippen LogP contribution >= 0.6 is 23.6 Å². The molecule has 2 aromatic rings. The van der Waals surface area contributed by atoms with Crippen LogP contribution in [0.2, 0.25) is 0 Å². The van der Waals surface area contributed by atoms with Crippen LogP contribution in [0.25, 0.3) is 0 Å². The Kier molecular flexibility index (Phi) is 5.74. The first-order valence-corrected chi connectivity index (χ1v) is 9.17. The summed E-state index contributed by atoms with van der Waals surface area (Å²) in [4.78, 5) is 29.7. The molecule has 0 unspecified atom stereocenters. The molecule has 10 heteroatoms. The minimum absolute atomic E-state index is 0.0356. The SMILES string of the molecule is O=C(Cc1csc(N2CCCC2=O)n1)NNC(=S)Nc1ccccc1F. The van der Waals surface area contributed by atoms with Gasteiger partial charge >= 0.3 is 0 Å². The Bertz CT molecular complexity index is 842. The number of para-hydroxylation sites is 1. The van der Waals surface area contributed by atoms with Gasteiger partial charge in [-0.25, -0.2) is 9.37 Å². The van der Waals surface area contributed by atoms with Crippen LogP contribution < -0.4 is 21.1 Å². The summed E-state index contributed by atoms with van der Waals surface area (Å²) in [5.74, 6) is -0.747. The molecular weight excluding hydrogens is 377 g/mol. The molecule has 1 aromatic carbocycles. The number of hydrazine groups is 1. The number of carbonyl (C=O) groups is 2. The molecule has 0 aliphatic carbocycles. The minimum Gasteiger partial charge on any atom is -0.329 e. The Morgan fingerprint density at radius 1 is 1.35 bits per heavy atom. The Labute approximate surface area is 158 Å². The van der Waals surface area contributed by atoms with E-state index in [2.05, 4.69) is 21.2 Å². The normalized spacial score (nSPS) is 13.6. The molecule has 0 spiro atoms. The van der Waals surface area contributed by atoms with Gasteiger partial charge in [-0.3, -0.25) is 25.3 Å². The molecule has 0 atom stereocenters. The highest BCUT2D eigenvalue weighted by Gasteiger charge is 2.24. The molecule has 1 aromatic heterocycles. The van der Waals surface area contributed by atoms with Gasteiger partial charge in [0.25, 0.3) is 0 Å². The van der Waals surface area contributed by atoms with Gasteiger partial charge < -0.3 is 5.32 Å². The maximum absolute atomic E-state index is 13.5. The number of halogens is 1. The molecule has 136 valence electrons. The lowest BCUT2D eigenvalue weighted by Gasteiger charge is -2.12. The van der Waals surface area contributed by atoms with Crippen LogP contribution in [-0.2, 0) is 16.0 Å². The quantitative estimate of drug-likeness (QED) is 0.544. The minimum atomic E-state index is -0.450. The van der Waals surface area contributed by atoms with E-state index in [1.54, 1.807) is 22.4 Å². The first-order valence-electron chi connectivity index (χ1n) is 7.88. The van der Waals surface area contributed by atoms with Crippen LogP contribution in [0.1, 0.15) is 18.5 Å². The number of hydrogen-bond acceptors (Lipinski definition) is 5. The molecule has 1 aliphatic rings. The van der Waals surface area contributed by atoms with Crippen molar-refractivity contribution in [3.05, 3.63) is 41.2 Å². The summed E-state index contributed by atoms with van der Waals surface area (Å²) in [5.41, 5.74) is 5.71. The van der Waals surface area contributed by atoms with Crippen molar-refractivity contribution in [1.29, 1.82) is 0 Å². The number of benzene rings is 1. The molecule has 2 heterocycles. The van der Waals surface area contributed by atoms with Gasteiger partial charge in [-0.1, -0.05) is 12.1 Å². The summed E-state index contributed by atoms with van der Waals surface area (Å²) in [6, 6.07) is 6.06. The number of thiazole rings is 1. The van der Waals surface area contributed by atoms with E-state index in [0.29, 0.717) is 23.8 Å². The lowest BCUT2D eigenvalue weighted by atomic mass is 10.3. The fourth-order valence-corrected chi connectivity index (χ4v) is 3.43. The van der Waals surface area contributed by atoms with Crippen LogP contribution in [0.4, 0.5) is 15.2 Å². The van der Waals surface area contributed by atoms with Crippen molar-refractivity contribution >= 4 is 51.3 Å². The number of anilines is 2. The third kappa shape index (κ3) is 4.52. The van der Waals surface area contributed by atoms with Gasteiger partial charge in [0.15, 0.2) is 10.2 Å². The van der Waals surface area contributed by atoms with Crippen LogP contribution in [-0.4, -0.2) is 28.5 Å². The topological polar surface area (TPSA) is 86.4 Å². The van der Waals surface area contributed by atoms with Crippen LogP contribution in [0.5, 0.6) is 0 Å². The van der Waals surface area contributed by atoms with Gasteiger partial charge in [0.1, 0.15) is 5.82 Å². The highest BCUT2D eigenvalue weighted by molar-refractivity contribution is 7.80. The molecule has 1 fully saturated rings. The summed E-state index contributed by atoms with van der Waals surface area (Å²) in [6.45, 7) is 0.662. The molecule has 0 bridgehead atoms. The van der Waals surface area contributed by atoms with Crippen LogP contribution in [0.15, 0.2) is 29.6 Å². The highest BCUT2D eigenvalue weighted by Crippen LogP contribution is 2.25. The van der Waals surface area contributed by atoms with E-state index in [1.165, 1.54) is 23.5 Å². The predicted octanol–water partition coefficient (Wildman–Crippen LogP) is 1.97. The molecule has 0 saturated carbocycles. The summed E-state index contributed by atoms with van der Waals surface area (Å²) >= 11 is 6.34. The Morgan fingerprint density at radius 3 is 2.88 bits per heavy atom.